The topological polar surface area (TPSA) is 0 Å². The minimum atomic E-state index is -3.92. The Hall–Kier alpha value is -0.277. The standard InChI is InChI=1S/C16H12P.C8H12P.2ClH.Zr/c1-3-7-13(8-4-1)15-11-12-16(17-15)14-9-5-2-6-10-14;1-5-6(2)8(4)9-7(5)3;;;/h1-12H;1-4H3;2*1H;/q;;;;+2/p-2. The second kappa shape index (κ2) is 8.01. The first-order chi connectivity index (χ1) is 13.7. The fourth-order valence-electron chi connectivity index (χ4n) is 4.26. The van der Waals surface area contributed by atoms with Crippen LogP contribution in [0.3, 0.4) is 0 Å². The van der Waals surface area contributed by atoms with Gasteiger partial charge in [-0.1, -0.05) is 0 Å². The third-order valence-electron chi connectivity index (χ3n) is 6.38. The predicted octanol–water partition coefficient (Wildman–Crippen LogP) is 8.24. The monoisotopic (exact) mass is 534 g/mol. The van der Waals surface area contributed by atoms with Gasteiger partial charge in [0, 0.05) is 0 Å². The van der Waals surface area contributed by atoms with Crippen molar-refractivity contribution in [2.45, 2.75) is 33.4 Å². The first-order valence-electron chi connectivity index (χ1n) is 9.75. The second-order valence-corrected chi connectivity index (χ2v) is 28.3. The van der Waals surface area contributed by atoms with Gasteiger partial charge in [0.05, 0.1) is 0 Å². The second-order valence-electron chi connectivity index (χ2n) is 7.92. The SMILES string of the molecule is CC1=P[C](C)([Zr]([Cl])([Cl])[C]2(c3ccccc3)C=CC(c3ccccc3)=P2)C(C)=C1C. The molecule has 148 valence electrons. The van der Waals surface area contributed by atoms with E-state index in [0.29, 0.717) is 0 Å². The Morgan fingerprint density at radius 3 is 1.97 bits per heavy atom. The molecule has 2 atom stereocenters. The number of benzene rings is 2. The quantitative estimate of drug-likeness (QED) is 0.345. The van der Waals surface area contributed by atoms with Gasteiger partial charge < -0.3 is 0 Å². The molecule has 2 heterocycles. The Balaban J connectivity index is 1.95. The van der Waals surface area contributed by atoms with Crippen LogP contribution in [0, 0.1) is 0 Å². The zero-order valence-electron chi connectivity index (χ0n) is 17.1. The van der Waals surface area contributed by atoms with Gasteiger partial charge in [0.25, 0.3) is 0 Å². The predicted molar refractivity (Wildman–Crippen MR) is 131 cm³/mol. The molecule has 0 aliphatic carbocycles. The van der Waals surface area contributed by atoms with Gasteiger partial charge in [-0.25, -0.2) is 0 Å². The molecule has 2 aromatic rings. The van der Waals surface area contributed by atoms with Gasteiger partial charge in [0.15, 0.2) is 0 Å². The zero-order chi connectivity index (χ0) is 20.9. The van der Waals surface area contributed by atoms with E-state index in [1.807, 2.05) is 0 Å². The molecule has 0 spiro atoms. The molecule has 0 saturated carbocycles. The summed E-state index contributed by atoms with van der Waals surface area (Å²) in [7, 11) is 17.9. The summed E-state index contributed by atoms with van der Waals surface area (Å²) >= 11 is -3.92. The minimum absolute atomic E-state index is 0.161. The van der Waals surface area contributed by atoms with Gasteiger partial charge in [0.2, 0.25) is 0 Å². The molecule has 0 amide bonds. The average Bonchev–Trinajstić information content (AvgIpc) is 3.28. The van der Waals surface area contributed by atoms with Crippen molar-refractivity contribution in [1.82, 2.24) is 0 Å². The molecule has 2 aliphatic heterocycles. The summed E-state index contributed by atoms with van der Waals surface area (Å²) in [6.45, 7) is 9.00. The Morgan fingerprint density at radius 2 is 1.41 bits per heavy atom. The molecule has 0 aromatic heterocycles. The van der Waals surface area contributed by atoms with E-state index in [2.05, 4.69) is 101 Å². The summed E-state index contributed by atoms with van der Waals surface area (Å²) < 4.78 is -0.483. The summed E-state index contributed by atoms with van der Waals surface area (Å²) in [6, 6.07) is 21.3. The van der Waals surface area contributed by atoms with Gasteiger partial charge >= 0.3 is 190 Å². The van der Waals surface area contributed by atoms with Gasteiger partial charge in [0.1, 0.15) is 0 Å². The van der Waals surface area contributed by atoms with Crippen LogP contribution in [0.1, 0.15) is 38.8 Å². The van der Waals surface area contributed by atoms with Crippen molar-refractivity contribution >= 4 is 44.0 Å². The number of hydrogen-bond acceptors (Lipinski definition) is 0. The summed E-state index contributed by atoms with van der Waals surface area (Å²) in [5, 5.41) is 2.70. The molecule has 0 N–H and O–H groups in total. The molecule has 5 heteroatoms. The van der Waals surface area contributed by atoms with Crippen LogP contribution in [0.5, 0.6) is 0 Å². The molecule has 0 radical (unpaired) electrons. The van der Waals surface area contributed by atoms with Crippen LogP contribution in [-0.4, -0.2) is 13.5 Å². The molecule has 4 rings (SSSR count). The maximum absolute atomic E-state index is 7.71. The van der Waals surface area contributed by atoms with Crippen molar-refractivity contribution in [1.29, 1.82) is 0 Å². The van der Waals surface area contributed by atoms with Crippen molar-refractivity contribution in [2.75, 3.05) is 0 Å². The first kappa shape index (κ1) is 21.9. The Kier molecular flexibility index (Phi) is 6.06. The van der Waals surface area contributed by atoms with Crippen molar-refractivity contribution < 1.29 is 17.9 Å². The molecule has 29 heavy (non-hydrogen) atoms. The summed E-state index contributed by atoms with van der Waals surface area (Å²) in [4.78, 5) is 0. The van der Waals surface area contributed by atoms with E-state index < -0.39 is 17.9 Å². The van der Waals surface area contributed by atoms with Crippen molar-refractivity contribution in [3.8, 4) is 0 Å². The van der Waals surface area contributed by atoms with Crippen LogP contribution >= 0.6 is 33.4 Å². The average molecular weight is 537 g/mol. The number of halogens is 2. The molecular weight excluding hydrogens is 512 g/mol. The van der Waals surface area contributed by atoms with Gasteiger partial charge in [-0.15, -0.1) is 0 Å². The summed E-state index contributed by atoms with van der Waals surface area (Å²) in [5.41, 5.74) is 5.25. The van der Waals surface area contributed by atoms with Crippen LogP contribution in [0.15, 0.2) is 84.0 Å². The van der Waals surface area contributed by atoms with E-state index in [1.54, 1.807) is 0 Å². The van der Waals surface area contributed by atoms with Crippen LogP contribution in [0.4, 0.5) is 0 Å². The van der Waals surface area contributed by atoms with Gasteiger partial charge in [-0.3, -0.25) is 0 Å². The van der Waals surface area contributed by atoms with Crippen LogP contribution in [0.25, 0.3) is 0 Å². The normalized spacial score (nSPS) is 27.8. The Labute approximate surface area is 189 Å². The van der Waals surface area contributed by atoms with Crippen molar-refractivity contribution in [2.24, 2.45) is 0 Å². The number of allylic oxidation sites excluding steroid dienone is 4. The molecule has 2 aromatic carbocycles. The Morgan fingerprint density at radius 1 is 0.828 bits per heavy atom. The van der Waals surface area contributed by atoms with Gasteiger partial charge in [-0.2, -0.15) is 0 Å². The van der Waals surface area contributed by atoms with Crippen molar-refractivity contribution in [3.05, 3.63) is 95.1 Å². The van der Waals surface area contributed by atoms with E-state index in [1.165, 1.54) is 49.3 Å². The van der Waals surface area contributed by atoms with Crippen molar-refractivity contribution in [3.63, 3.8) is 0 Å². The van der Waals surface area contributed by atoms with E-state index in [4.69, 9.17) is 17.0 Å². The van der Waals surface area contributed by atoms with Gasteiger partial charge in [-0.05, 0) is 0 Å². The fourth-order valence-corrected chi connectivity index (χ4v) is 26.4. The number of rotatable bonds is 4. The molecule has 2 aliphatic rings. The molecule has 0 nitrogen and oxygen atoms in total. The van der Waals surface area contributed by atoms with E-state index >= 15 is 0 Å². The molecule has 0 fully saturated rings. The molecule has 0 bridgehead atoms. The molecule has 0 saturated heterocycles. The third-order valence-corrected chi connectivity index (χ3v) is 33.4. The molecular formula is C24H24Cl2P2Zr. The third kappa shape index (κ3) is 3.38. The number of hydrogen-bond donors (Lipinski definition) is 0. The van der Waals surface area contributed by atoms with Crippen LogP contribution in [-0.2, 0) is 20.7 Å². The summed E-state index contributed by atoms with van der Waals surface area (Å²) in [5.74, 6) is 0. The maximum atomic E-state index is 7.71. The zero-order valence-corrected chi connectivity index (χ0v) is 22.8. The van der Waals surface area contributed by atoms with E-state index in [0.717, 1.165) is 0 Å². The summed E-state index contributed by atoms with van der Waals surface area (Å²) in [6.07, 6.45) is 4.59. The van der Waals surface area contributed by atoms with E-state index in [-0.39, 0.29) is 5.73 Å². The fraction of sp³-hybridized carbons (Fsp3) is 0.250. The first-order valence-corrected chi connectivity index (χ1v) is 20.3. The van der Waals surface area contributed by atoms with Crippen LogP contribution in [0.2, 0.25) is 0 Å². The van der Waals surface area contributed by atoms with Crippen LogP contribution < -0.4 is 0 Å². The van der Waals surface area contributed by atoms with E-state index in [9.17, 15) is 0 Å². The Bertz CT molecular complexity index is 1070. The molecule has 2 unspecified atom stereocenters.